The quantitative estimate of drug-likeness (QED) is 0.862. The van der Waals surface area contributed by atoms with Gasteiger partial charge in [-0.05, 0) is 19.2 Å². The average Bonchev–Trinajstić information content (AvgIpc) is 2.97. The Hall–Kier alpha value is -2.01. The van der Waals surface area contributed by atoms with Crippen molar-refractivity contribution in [1.82, 2.24) is 14.9 Å². The van der Waals surface area contributed by atoms with E-state index in [0.29, 0.717) is 0 Å². The minimum absolute atomic E-state index is 0.148. The van der Waals surface area contributed by atoms with Crippen molar-refractivity contribution in [3.05, 3.63) is 42.5 Å². The van der Waals surface area contributed by atoms with Crippen LogP contribution in [0.3, 0.4) is 0 Å². The van der Waals surface area contributed by atoms with Crippen LogP contribution in [-0.2, 0) is 6.54 Å². The Labute approximate surface area is 113 Å². The molecule has 5 heteroatoms. The van der Waals surface area contributed by atoms with Crippen LogP contribution in [0, 0.1) is 0 Å². The number of imidazole rings is 1. The number of methoxy groups -OCH3 is 2. The molecule has 0 radical (unpaired) electrons. The van der Waals surface area contributed by atoms with Gasteiger partial charge in [0.2, 0.25) is 0 Å². The third-order valence-corrected chi connectivity index (χ3v) is 3.12. The van der Waals surface area contributed by atoms with Crippen LogP contribution in [0.25, 0.3) is 0 Å². The van der Waals surface area contributed by atoms with Crippen LogP contribution in [0.2, 0.25) is 0 Å². The molecule has 1 unspecified atom stereocenters. The van der Waals surface area contributed by atoms with Crippen molar-refractivity contribution in [2.24, 2.45) is 0 Å². The van der Waals surface area contributed by atoms with Crippen LogP contribution in [0.5, 0.6) is 11.5 Å². The number of aromatic nitrogens is 2. The highest BCUT2D eigenvalue weighted by Crippen LogP contribution is 2.30. The van der Waals surface area contributed by atoms with Crippen LogP contribution in [0.15, 0.2) is 36.9 Å². The molecule has 0 saturated carbocycles. The number of nitrogens with one attached hydrogen (secondary N) is 1. The molecule has 0 aliphatic heterocycles. The molecule has 0 amide bonds. The van der Waals surface area contributed by atoms with E-state index in [2.05, 4.69) is 10.3 Å². The molecular weight excluding hydrogens is 242 g/mol. The molecule has 2 rings (SSSR count). The molecule has 1 N–H and O–H groups in total. The molecular formula is C14H19N3O2. The first kappa shape index (κ1) is 13.4. The van der Waals surface area contributed by atoms with Gasteiger partial charge in [0.15, 0.2) is 0 Å². The van der Waals surface area contributed by atoms with Gasteiger partial charge in [0.05, 0.1) is 26.6 Å². The van der Waals surface area contributed by atoms with E-state index < -0.39 is 0 Å². The zero-order valence-corrected chi connectivity index (χ0v) is 11.5. The largest absolute Gasteiger partial charge is 0.497 e. The molecule has 102 valence electrons. The fourth-order valence-electron chi connectivity index (χ4n) is 2.06. The molecule has 1 heterocycles. The van der Waals surface area contributed by atoms with Crippen molar-refractivity contribution in [2.45, 2.75) is 12.6 Å². The topological polar surface area (TPSA) is 48.3 Å². The summed E-state index contributed by atoms with van der Waals surface area (Å²) < 4.78 is 12.7. The van der Waals surface area contributed by atoms with E-state index in [-0.39, 0.29) is 6.04 Å². The molecule has 2 aromatic rings. The molecule has 5 nitrogen and oxygen atoms in total. The maximum atomic E-state index is 5.44. The molecule has 19 heavy (non-hydrogen) atoms. The number of likely N-dealkylation sites (N-methyl/N-ethyl adjacent to an activating group) is 1. The summed E-state index contributed by atoms with van der Waals surface area (Å²) in [6, 6.07) is 6.01. The van der Waals surface area contributed by atoms with E-state index in [4.69, 9.17) is 9.47 Å². The van der Waals surface area contributed by atoms with Crippen LogP contribution in [-0.4, -0.2) is 30.8 Å². The van der Waals surface area contributed by atoms with E-state index in [1.807, 2.05) is 36.0 Å². The highest BCUT2D eigenvalue weighted by atomic mass is 16.5. The Balaban J connectivity index is 2.26. The van der Waals surface area contributed by atoms with Gasteiger partial charge in [-0.15, -0.1) is 0 Å². The van der Waals surface area contributed by atoms with Crippen LogP contribution in [0.4, 0.5) is 0 Å². The van der Waals surface area contributed by atoms with Crippen molar-refractivity contribution in [2.75, 3.05) is 21.3 Å². The summed E-state index contributed by atoms with van der Waals surface area (Å²) in [4.78, 5) is 4.06. The Bertz CT molecular complexity index is 511. The summed E-state index contributed by atoms with van der Waals surface area (Å²) in [6.07, 6.45) is 5.53. The maximum absolute atomic E-state index is 5.44. The average molecular weight is 261 g/mol. The van der Waals surface area contributed by atoms with Gasteiger partial charge in [-0.2, -0.15) is 0 Å². The Kier molecular flexibility index (Phi) is 4.41. The van der Waals surface area contributed by atoms with Crippen molar-refractivity contribution in [3.8, 4) is 11.5 Å². The highest BCUT2D eigenvalue weighted by Gasteiger charge is 2.15. The molecule has 0 aliphatic rings. The number of nitrogens with zero attached hydrogens (tertiary/aromatic N) is 2. The van der Waals surface area contributed by atoms with Gasteiger partial charge >= 0.3 is 0 Å². The lowest BCUT2D eigenvalue weighted by atomic mass is 10.1. The number of benzene rings is 1. The lowest BCUT2D eigenvalue weighted by Crippen LogP contribution is -2.22. The van der Waals surface area contributed by atoms with Gasteiger partial charge in [0, 0.05) is 30.6 Å². The lowest BCUT2D eigenvalue weighted by molar-refractivity contribution is 0.381. The standard InChI is InChI=1S/C14H19N3O2/c1-15-13(9-17-7-6-16-10-17)12-5-4-11(18-2)8-14(12)19-3/h4-8,10,13,15H,9H2,1-3H3. The molecule has 0 bridgehead atoms. The number of ether oxygens (including phenoxy) is 2. The monoisotopic (exact) mass is 261 g/mol. The van der Waals surface area contributed by atoms with Crippen molar-refractivity contribution < 1.29 is 9.47 Å². The summed E-state index contributed by atoms with van der Waals surface area (Å²) in [6.45, 7) is 0.791. The van der Waals surface area contributed by atoms with Gasteiger partial charge in [-0.25, -0.2) is 4.98 Å². The second-order valence-electron chi connectivity index (χ2n) is 4.21. The highest BCUT2D eigenvalue weighted by molar-refractivity contribution is 5.42. The van der Waals surface area contributed by atoms with Crippen molar-refractivity contribution in [1.29, 1.82) is 0 Å². The Morgan fingerprint density at radius 3 is 2.74 bits per heavy atom. The summed E-state index contributed by atoms with van der Waals surface area (Å²) >= 11 is 0. The van der Waals surface area contributed by atoms with Crippen LogP contribution < -0.4 is 14.8 Å². The third kappa shape index (κ3) is 3.06. The van der Waals surface area contributed by atoms with Gasteiger partial charge < -0.3 is 19.4 Å². The van der Waals surface area contributed by atoms with Gasteiger partial charge in [-0.1, -0.05) is 0 Å². The second kappa shape index (κ2) is 6.24. The van der Waals surface area contributed by atoms with E-state index in [9.17, 15) is 0 Å². The molecule has 1 aromatic carbocycles. The number of rotatable bonds is 6. The van der Waals surface area contributed by atoms with E-state index in [1.54, 1.807) is 26.7 Å². The van der Waals surface area contributed by atoms with Crippen LogP contribution >= 0.6 is 0 Å². The Morgan fingerprint density at radius 1 is 1.32 bits per heavy atom. The first-order chi connectivity index (χ1) is 9.28. The smallest absolute Gasteiger partial charge is 0.127 e. The third-order valence-electron chi connectivity index (χ3n) is 3.12. The summed E-state index contributed by atoms with van der Waals surface area (Å²) in [5, 5.41) is 3.30. The molecule has 1 atom stereocenters. The van der Waals surface area contributed by atoms with Gasteiger partial charge in [0.25, 0.3) is 0 Å². The first-order valence-corrected chi connectivity index (χ1v) is 6.13. The minimum Gasteiger partial charge on any atom is -0.497 e. The lowest BCUT2D eigenvalue weighted by Gasteiger charge is -2.20. The van der Waals surface area contributed by atoms with E-state index in [0.717, 1.165) is 23.6 Å². The normalized spacial score (nSPS) is 12.2. The number of hydrogen-bond acceptors (Lipinski definition) is 4. The first-order valence-electron chi connectivity index (χ1n) is 6.13. The van der Waals surface area contributed by atoms with Crippen molar-refractivity contribution in [3.63, 3.8) is 0 Å². The summed E-state index contributed by atoms with van der Waals surface area (Å²) in [5.74, 6) is 1.61. The predicted molar refractivity (Wildman–Crippen MR) is 73.6 cm³/mol. The molecule has 0 spiro atoms. The minimum atomic E-state index is 0.148. The summed E-state index contributed by atoms with van der Waals surface area (Å²) in [7, 11) is 5.25. The summed E-state index contributed by atoms with van der Waals surface area (Å²) in [5.41, 5.74) is 1.10. The van der Waals surface area contributed by atoms with E-state index >= 15 is 0 Å². The van der Waals surface area contributed by atoms with Gasteiger partial charge in [-0.3, -0.25) is 0 Å². The Morgan fingerprint density at radius 2 is 2.16 bits per heavy atom. The maximum Gasteiger partial charge on any atom is 0.127 e. The van der Waals surface area contributed by atoms with Gasteiger partial charge in [0.1, 0.15) is 11.5 Å². The van der Waals surface area contributed by atoms with Crippen LogP contribution in [0.1, 0.15) is 11.6 Å². The zero-order valence-electron chi connectivity index (χ0n) is 11.5. The molecule has 0 aliphatic carbocycles. The second-order valence-corrected chi connectivity index (χ2v) is 4.21. The zero-order chi connectivity index (χ0) is 13.7. The fourth-order valence-corrected chi connectivity index (χ4v) is 2.06. The number of hydrogen-bond donors (Lipinski definition) is 1. The van der Waals surface area contributed by atoms with E-state index in [1.165, 1.54) is 0 Å². The molecule has 0 fully saturated rings. The fraction of sp³-hybridized carbons (Fsp3) is 0.357. The predicted octanol–water partition coefficient (Wildman–Crippen LogP) is 1.86. The SMILES string of the molecule is CNC(Cn1ccnc1)c1ccc(OC)cc1OC. The molecule has 0 saturated heterocycles. The van der Waals surface area contributed by atoms with Crippen molar-refractivity contribution >= 4 is 0 Å². The molecule has 1 aromatic heterocycles.